The third-order valence-corrected chi connectivity index (χ3v) is 3.71. The summed E-state index contributed by atoms with van der Waals surface area (Å²) in [5.41, 5.74) is 1.51. The van der Waals surface area contributed by atoms with Crippen LogP contribution in [0.5, 0.6) is 0 Å². The molecule has 3 rings (SSSR count). The largest absolute Gasteiger partial charge is 0.0750 e. The maximum absolute atomic E-state index is 2.38. The molecule has 0 amide bonds. The average molecular weight is 234 g/mol. The number of fused-ring (bicyclic) bond motifs is 2. The minimum Gasteiger partial charge on any atom is -0.0750 e. The fraction of sp³-hybridized carbons (Fsp3) is 0.222. The van der Waals surface area contributed by atoms with Crippen molar-refractivity contribution in [3.8, 4) is 0 Å². The molecule has 0 heterocycles. The molecule has 0 heteroatoms. The molecule has 2 aromatic rings. The van der Waals surface area contributed by atoms with Crippen molar-refractivity contribution in [2.75, 3.05) is 0 Å². The number of allylic oxidation sites excluding steroid dienone is 2. The SMILES string of the molecule is Cc1c2c(cc3ccccc13)=CC=CC(C)(C)C=2. The number of benzene rings is 2. The van der Waals surface area contributed by atoms with Crippen LogP contribution in [-0.2, 0) is 0 Å². The molecule has 0 nitrogen and oxygen atoms in total. The molecule has 90 valence electrons. The Hall–Kier alpha value is -1.82. The van der Waals surface area contributed by atoms with Crippen LogP contribution in [-0.4, -0.2) is 0 Å². The normalized spacial score (nSPS) is 16.6. The van der Waals surface area contributed by atoms with E-state index in [4.69, 9.17) is 0 Å². The molecule has 0 fully saturated rings. The minimum absolute atomic E-state index is 0.120. The van der Waals surface area contributed by atoms with Crippen molar-refractivity contribution in [2.24, 2.45) is 5.41 Å². The lowest BCUT2D eigenvalue weighted by Crippen LogP contribution is -2.28. The highest BCUT2D eigenvalue weighted by Gasteiger charge is 2.12. The van der Waals surface area contributed by atoms with Gasteiger partial charge in [0.15, 0.2) is 0 Å². The highest BCUT2D eigenvalue weighted by Crippen LogP contribution is 2.21. The maximum Gasteiger partial charge on any atom is 0.00168 e. The predicted octanol–water partition coefficient (Wildman–Crippen LogP) is 3.31. The topological polar surface area (TPSA) is 0 Å². The Balaban J connectivity index is 2.53. The molecule has 18 heavy (non-hydrogen) atoms. The van der Waals surface area contributed by atoms with Gasteiger partial charge in [0.25, 0.3) is 0 Å². The molecule has 0 atom stereocenters. The first-order valence-electron chi connectivity index (χ1n) is 6.48. The summed E-state index contributed by atoms with van der Waals surface area (Å²) in [4.78, 5) is 0. The van der Waals surface area contributed by atoms with Gasteiger partial charge in [-0.1, -0.05) is 62.4 Å². The number of hydrogen-bond acceptors (Lipinski definition) is 0. The molecule has 0 aromatic heterocycles. The van der Waals surface area contributed by atoms with Crippen LogP contribution in [0.15, 0.2) is 42.5 Å². The first-order chi connectivity index (χ1) is 8.57. The second kappa shape index (κ2) is 3.84. The van der Waals surface area contributed by atoms with Gasteiger partial charge in [-0.05, 0) is 39.8 Å². The Morgan fingerprint density at radius 3 is 2.67 bits per heavy atom. The van der Waals surface area contributed by atoms with Crippen LogP contribution in [0.4, 0.5) is 0 Å². The molecular formula is C18H18. The molecule has 0 radical (unpaired) electrons. The van der Waals surface area contributed by atoms with E-state index in [0.29, 0.717) is 0 Å². The number of hydrogen-bond donors (Lipinski definition) is 0. The fourth-order valence-electron chi connectivity index (χ4n) is 2.72. The minimum atomic E-state index is 0.120. The third kappa shape index (κ3) is 1.78. The van der Waals surface area contributed by atoms with E-state index < -0.39 is 0 Å². The highest BCUT2D eigenvalue weighted by atomic mass is 14.2. The quantitative estimate of drug-likeness (QED) is 0.656. The van der Waals surface area contributed by atoms with E-state index in [-0.39, 0.29) is 5.41 Å². The average Bonchev–Trinajstić information content (AvgIpc) is 2.48. The van der Waals surface area contributed by atoms with Crippen molar-refractivity contribution in [3.63, 3.8) is 0 Å². The number of rotatable bonds is 0. The summed E-state index contributed by atoms with van der Waals surface area (Å²) in [5, 5.41) is 5.39. The van der Waals surface area contributed by atoms with Gasteiger partial charge in [-0.25, -0.2) is 0 Å². The van der Waals surface area contributed by atoms with Gasteiger partial charge < -0.3 is 0 Å². The molecule has 0 aliphatic heterocycles. The molecular weight excluding hydrogens is 216 g/mol. The molecule has 0 N–H and O–H groups in total. The van der Waals surface area contributed by atoms with E-state index in [1.54, 1.807) is 0 Å². The fourth-order valence-corrected chi connectivity index (χ4v) is 2.72. The highest BCUT2D eigenvalue weighted by molar-refractivity contribution is 5.86. The molecule has 1 aliphatic carbocycles. The summed E-state index contributed by atoms with van der Waals surface area (Å²) in [5.74, 6) is 0. The van der Waals surface area contributed by atoms with Crippen molar-refractivity contribution < 1.29 is 0 Å². The standard InChI is InChI=1S/C18H18/c1-13-16-9-5-4-7-14(16)11-15-8-6-10-18(2,3)12-17(13)15/h4-12H,1-3H3. The Bertz CT molecular complexity index is 758. The molecule has 0 bridgehead atoms. The van der Waals surface area contributed by atoms with E-state index >= 15 is 0 Å². The molecule has 0 saturated carbocycles. The molecule has 0 unspecified atom stereocenters. The first kappa shape index (κ1) is 11.3. The van der Waals surface area contributed by atoms with Gasteiger partial charge in [0, 0.05) is 5.41 Å². The van der Waals surface area contributed by atoms with Crippen LogP contribution in [0.1, 0.15) is 19.4 Å². The van der Waals surface area contributed by atoms with Crippen LogP contribution in [0.3, 0.4) is 0 Å². The van der Waals surface area contributed by atoms with Crippen molar-refractivity contribution in [2.45, 2.75) is 20.8 Å². The van der Waals surface area contributed by atoms with Crippen molar-refractivity contribution in [1.29, 1.82) is 0 Å². The van der Waals surface area contributed by atoms with E-state index in [0.717, 1.165) is 0 Å². The Kier molecular flexibility index (Phi) is 2.41. The number of aryl methyl sites for hydroxylation is 1. The van der Waals surface area contributed by atoms with E-state index in [1.165, 1.54) is 26.8 Å². The lowest BCUT2D eigenvalue weighted by molar-refractivity contribution is 0.670. The van der Waals surface area contributed by atoms with Gasteiger partial charge in [0.05, 0.1) is 0 Å². The molecule has 2 aromatic carbocycles. The lowest BCUT2D eigenvalue weighted by Gasteiger charge is -2.14. The van der Waals surface area contributed by atoms with Crippen LogP contribution in [0, 0.1) is 12.3 Å². The zero-order chi connectivity index (χ0) is 12.8. The second-order valence-electron chi connectivity index (χ2n) is 5.72. The second-order valence-corrected chi connectivity index (χ2v) is 5.72. The summed E-state index contributed by atoms with van der Waals surface area (Å²) >= 11 is 0. The van der Waals surface area contributed by atoms with Crippen LogP contribution in [0.25, 0.3) is 22.9 Å². The van der Waals surface area contributed by atoms with Crippen molar-refractivity contribution >= 4 is 22.9 Å². The van der Waals surface area contributed by atoms with E-state index in [2.05, 4.69) is 75.4 Å². The summed E-state index contributed by atoms with van der Waals surface area (Å²) < 4.78 is 0. The Labute approximate surface area is 108 Å². The zero-order valence-corrected chi connectivity index (χ0v) is 11.2. The van der Waals surface area contributed by atoms with Crippen LogP contribution in [0.2, 0.25) is 0 Å². The molecule has 1 aliphatic rings. The van der Waals surface area contributed by atoms with Crippen LogP contribution >= 0.6 is 0 Å². The van der Waals surface area contributed by atoms with Crippen LogP contribution < -0.4 is 10.4 Å². The van der Waals surface area contributed by atoms with Gasteiger partial charge in [0.1, 0.15) is 0 Å². The Morgan fingerprint density at radius 1 is 1.06 bits per heavy atom. The Morgan fingerprint density at radius 2 is 1.83 bits per heavy atom. The van der Waals surface area contributed by atoms with Gasteiger partial charge >= 0.3 is 0 Å². The summed E-state index contributed by atoms with van der Waals surface area (Å²) in [7, 11) is 0. The first-order valence-corrected chi connectivity index (χ1v) is 6.48. The summed E-state index contributed by atoms with van der Waals surface area (Å²) in [6, 6.07) is 10.9. The van der Waals surface area contributed by atoms with Gasteiger partial charge in [0.2, 0.25) is 0 Å². The van der Waals surface area contributed by atoms with Gasteiger partial charge in [-0.3, -0.25) is 0 Å². The zero-order valence-electron chi connectivity index (χ0n) is 11.2. The summed E-state index contributed by atoms with van der Waals surface area (Å²) in [6.45, 7) is 6.73. The maximum atomic E-state index is 2.38. The van der Waals surface area contributed by atoms with Crippen molar-refractivity contribution in [1.82, 2.24) is 0 Å². The molecule has 0 spiro atoms. The predicted molar refractivity (Wildman–Crippen MR) is 79.8 cm³/mol. The van der Waals surface area contributed by atoms with Crippen molar-refractivity contribution in [3.05, 3.63) is 58.5 Å². The monoisotopic (exact) mass is 234 g/mol. The third-order valence-electron chi connectivity index (χ3n) is 3.71. The molecule has 0 saturated heterocycles. The van der Waals surface area contributed by atoms with E-state index in [1.807, 2.05) is 0 Å². The van der Waals surface area contributed by atoms with Gasteiger partial charge in [-0.15, -0.1) is 0 Å². The summed E-state index contributed by atoms with van der Waals surface area (Å²) in [6.07, 6.45) is 9.04. The van der Waals surface area contributed by atoms with Gasteiger partial charge in [-0.2, -0.15) is 0 Å². The lowest BCUT2D eigenvalue weighted by atomic mass is 9.90. The smallest absolute Gasteiger partial charge is 0.00168 e. The van der Waals surface area contributed by atoms with E-state index in [9.17, 15) is 0 Å².